The van der Waals surface area contributed by atoms with Crippen molar-refractivity contribution in [3.63, 3.8) is 0 Å². The van der Waals surface area contributed by atoms with Gasteiger partial charge in [-0.1, -0.05) is 78.4 Å². The second kappa shape index (κ2) is 12.0. The summed E-state index contributed by atoms with van der Waals surface area (Å²) in [6.07, 6.45) is 6.44. The standard InChI is InChI=1S/C23H32BrNO2/c1-4-5-6-7-8-14-25-16-20-21(24)12-13-22(26-3)23(20)27-17-19-11-9-10-18(2)15-19/h9-13,15,25H,4-8,14,16-17H2,1-3H3. The van der Waals surface area contributed by atoms with E-state index in [2.05, 4.69) is 59.4 Å². The molecule has 2 rings (SSSR count). The van der Waals surface area contributed by atoms with Crippen LogP contribution < -0.4 is 14.8 Å². The van der Waals surface area contributed by atoms with Gasteiger partial charge in [0.1, 0.15) is 6.61 Å². The van der Waals surface area contributed by atoms with Gasteiger partial charge in [-0.25, -0.2) is 0 Å². The van der Waals surface area contributed by atoms with Crippen LogP contribution >= 0.6 is 15.9 Å². The molecule has 0 saturated heterocycles. The first-order chi connectivity index (χ1) is 13.2. The van der Waals surface area contributed by atoms with Gasteiger partial charge in [0.2, 0.25) is 0 Å². The molecule has 0 radical (unpaired) electrons. The van der Waals surface area contributed by atoms with Crippen molar-refractivity contribution in [1.29, 1.82) is 0 Å². The summed E-state index contributed by atoms with van der Waals surface area (Å²) >= 11 is 3.68. The van der Waals surface area contributed by atoms with E-state index >= 15 is 0 Å². The number of nitrogens with one attached hydrogen (secondary N) is 1. The molecule has 0 spiro atoms. The average molecular weight is 434 g/mol. The van der Waals surface area contributed by atoms with E-state index in [4.69, 9.17) is 9.47 Å². The van der Waals surface area contributed by atoms with Crippen molar-refractivity contribution in [2.24, 2.45) is 0 Å². The Bertz CT molecular complexity index is 703. The van der Waals surface area contributed by atoms with Crippen molar-refractivity contribution < 1.29 is 9.47 Å². The zero-order valence-corrected chi connectivity index (χ0v) is 18.4. The summed E-state index contributed by atoms with van der Waals surface area (Å²) in [7, 11) is 1.69. The van der Waals surface area contributed by atoms with Crippen molar-refractivity contribution in [1.82, 2.24) is 5.32 Å². The van der Waals surface area contributed by atoms with Crippen LogP contribution in [-0.2, 0) is 13.2 Å². The first kappa shape index (κ1) is 21.8. The second-order valence-corrected chi connectivity index (χ2v) is 7.78. The lowest BCUT2D eigenvalue weighted by Crippen LogP contribution is -2.16. The molecule has 2 aromatic rings. The Morgan fingerprint density at radius 2 is 1.85 bits per heavy atom. The minimum atomic E-state index is 0.526. The molecule has 1 N–H and O–H groups in total. The van der Waals surface area contributed by atoms with Crippen molar-refractivity contribution >= 4 is 15.9 Å². The van der Waals surface area contributed by atoms with Crippen molar-refractivity contribution in [3.05, 3.63) is 57.6 Å². The first-order valence-electron chi connectivity index (χ1n) is 9.90. The summed E-state index contributed by atoms with van der Waals surface area (Å²) in [5.41, 5.74) is 3.50. The SMILES string of the molecule is CCCCCCCNCc1c(Br)ccc(OC)c1OCc1cccc(C)c1. The van der Waals surface area contributed by atoms with Crippen molar-refractivity contribution in [3.8, 4) is 11.5 Å². The average Bonchev–Trinajstić information content (AvgIpc) is 2.67. The highest BCUT2D eigenvalue weighted by molar-refractivity contribution is 9.10. The molecule has 0 bridgehead atoms. The number of aryl methyl sites for hydroxylation is 1. The molecule has 0 aliphatic carbocycles. The van der Waals surface area contributed by atoms with Gasteiger partial charge in [-0.05, 0) is 37.6 Å². The second-order valence-electron chi connectivity index (χ2n) is 6.93. The predicted octanol–water partition coefficient (Wildman–Crippen LogP) is 6.41. The number of hydrogen-bond donors (Lipinski definition) is 1. The zero-order valence-electron chi connectivity index (χ0n) is 16.8. The lowest BCUT2D eigenvalue weighted by atomic mass is 10.1. The van der Waals surface area contributed by atoms with Crippen LogP contribution in [0.15, 0.2) is 40.9 Å². The summed E-state index contributed by atoms with van der Waals surface area (Å²) in [6.45, 7) is 6.65. The number of methoxy groups -OCH3 is 1. The lowest BCUT2D eigenvalue weighted by molar-refractivity contribution is 0.280. The van der Waals surface area contributed by atoms with E-state index in [9.17, 15) is 0 Å². The smallest absolute Gasteiger partial charge is 0.167 e. The number of unbranched alkanes of at least 4 members (excludes halogenated alkanes) is 4. The van der Waals surface area contributed by atoms with E-state index < -0.39 is 0 Å². The summed E-state index contributed by atoms with van der Waals surface area (Å²) in [5, 5.41) is 3.55. The van der Waals surface area contributed by atoms with Gasteiger partial charge in [0.05, 0.1) is 7.11 Å². The number of hydrogen-bond acceptors (Lipinski definition) is 3. The topological polar surface area (TPSA) is 30.5 Å². The summed E-state index contributed by atoms with van der Waals surface area (Å²) < 4.78 is 12.8. The molecule has 0 amide bonds. The Morgan fingerprint density at radius 3 is 2.59 bits per heavy atom. The zero-order chi connectivity index (χ0) is 19.5. The van der Waals surface area contributed by atoms with Crippen LogP contribution in [0.25, 0.3) is 0 Å². The van der Waals surface area contributed by atoms with E-state index in [0.717, 1.165) is 40.2 Å². The van der Waals surface area contributed by atoms with E-state index in [0.29, 0.717) is 6.61 Å². The van der Waals surface area contributed by atoms with Gasteiger partial charge >= 0.3 is 0 Å². The third-order valence-electron chi connectivity index (χ3n) is 4.61. The van der Waals surface area contributed by atoms with Gasteiger partial charge in [0.25, 0.3) is 0 Å². The van der Waals surface area contributed by atoms with E-state index in [1.54, 1.807) is 7.11 Å². The number of ether oxygens (including phenoxy) is 2. The van der Waals surface area contributed by atoms with Gasteiger partial charge in [-0.15, -0.1) is 0 Å². The molecule has 3 nitrogen and oxygen atoms in total. The highest BCUT2D eigenvalue weighted by atomic mass is 79.9. The Morgan fingerprint density at radius 1 is 1.04 bits per heavy atom. The Hall–Kier alpha value is -1.52. The third kappa shape index (κ3) is 7.19. The number of benzene rings is 2. The summed E-state index contributed by atoms with van der Waals surface area (Å²) in [4.78, 5) is 0. The summed E-state index contributed by atoms with van der Waals surface area (Å²) in [6, 6.07) is 12.4. The van der Waals surface area contributed by atoms with Crippen LogP contribution in [0.5, 0.6) is 11.5 Å². The van der Waals surface area contributed by atoms with Crippen molar-refractivity contribution in [2.75, 3.05) is 13.7 Å². The molecule has 0 atom stereocenters. The number of halogens is 1. The molecule has 0 fully saturated rings. The highest BCUT2D eigenvalue weighted by Crippen LogP contribution is 2.36. The Balaban J connectivity index is 2.00. The van der Waals surface area contributed by atoms with Crippen LogP contribution in [0.1, 0.15) is 55.7 Å². The molecule has 0 aliphatic heterocycles. The van der Waals surface area contributed by atoms with E-state index in [-0.39, 0.29) is 0 Å². The van der Waals surface area contributed by atoms with E-state index in [1.165, 1.54) is 37.7 Å². The fraction of sp³-hybridized carbons (Fsp3) is 0.478. The molecular formula is C23H32BrNO2. The quantitative estimate of drug-likeness (QED) is 0.392. The van der Waals surface area contributed by atoms with Gasteiger partial charge in [-0.2, -0.15) is 0 Å². The molecule has 2 aromatic carbocycles. The van der Waals surface area contributed by atoms with Crippen LogP contribution in [-0.4, -0.2) is 13.7 Å². The normalized spacial score (nSPS) is 10.8. The third-order valence-corrected chi connectivity index (χ3v) is 5.35. The fourth-order valence-electron chi connectivity index (χ4n) is 3.09. The predicted molar refractivity (Wildman–Crippen MR) is 117 cm³/mol. The number of rotatable bonds is 12. The van der Waals surface area contributed by atoms with Gasteiger partial charge < -0.3 is 14.8 Å². The molecule has 0 aromatic heterocycles. The molecule has 148 valence electrons. The first-order valence-corrected chi connectivity index (χ1v) is 10.7. The maximum absolute atomic E-state index is 6.20. The maximum atomic E-state index is 6.20. The molecule has 0 unspecified atom stereocenters. The summed E-state index contributed by atoms with van der Waals surface area (Å²) in [5.74, 6) is 1.58. The highest BCUT2D eigenvalue weighted by Gasteiger charge is 2.14. The molecule has 0 saturated carbocycles. The molecule has 0 aliphatic rings. The van der Waals surface area contributed by atoms with Gasteiger partial charge in [-0.3, -0.25) is 0 Å². The molecule has 0 heterocycles. The minimum absolute atomic E-state index is 0.526. The lowest BCUT2D eigenvalue weighted by Gasteiger charge is -2.17. The van der Waals surface area contributed by atoms with Crippen LogP contribution in [0.2, 0.25) is 0 Å². The monoisotopic (exact) mass is 433 g/mol. The molecule has 4 heteroatoms. The van der Waals surface area contributed by atoms with Gasteiger partial charge in [0, 0.05) is 16.6 Å². The van der Waals surface area contributed by atoms with Crippen molar-refractivity contribution in [2.45, 2.75) is 59.1 Å². The molecular weight excluding hydrogens is 402 g/mol. The van der Waals surface area contributed by atoms with E-state index in [1.807, 2.05) is 12.1 Å². The minimum Gasteiger partial charge on any atom is -0.493 e. The Kier molecular flexibility index (Phi) is 9.71. The maximum Gasteiger partial charge on any atom is 0.167 e. The molecule has 27 heavy (non-hydrogen) atoms. The largest absolute Gasteiger partial charge is 0.493 e. The van der Waals surface area contributed by atoms with Crippen LogP contribution in [0.4, 0.5) is 0 Å². The van der Waals surface area contributed by atoms with Crippen LogP contribution in [0, 0.1) is 6.92 Å². The fourth-order valence-corrected chi connectivity index (χ4v) is 3.54. The Labute approximate surface area is 172 Å². The van der Waals surface area contributed by atoms with Crippen LogP contribution in [0.3, 0.4) is 0 Å². The van der Waals surface area contributed by atoms with Gasteiger partial charge in [0.15, 0.2) is 11.5 Å².